The highest BCUT2D eigenvalue weighted by Gasteiger charge is 2.31. The van der Waals surface area contributed by atoms with Crippen LogP contribution in [0.25, 0.3) is 0 Å². The zero-order valence-electron chi connectivity index (χ0n) is 16.9. The van der Waals surface area contributed by atoms with Gasteiger partial charge in [-0.05, 0) is 26.8 Å². The summed E-state index contributed by atoms with van der Waals surface area (Å²) in [4.78, 5) is 52.4. The topological polar surface area (TPSA) is 132 Å². The molecule has 31 heavy (non-hydrogen) atoms. The number of pyridine rings is 1. The van der Waals surface area contributed by atoms with Crippen molar-refractivity contribution in [2.45, 2.75) is 20.8 Å². The Labute approximate surface area is 181 Å². The molecule has 0 N–H and O–H groups in total. The number of carbonyl (C=O) groups excluding carboxylic acids is 3. The molecule has 1 aromatic heterocycles. The van der Waals surface area contributed by atoms with Gasteiger partial charge in [0, 0.05) is 17.7 Å². The average Bonchev–Trinajstić information content (AvgIpc) is 2.74. The molecule has 160 valence electrons. The highest BCUT2D eigenvalue weighted by Crippen LogP contribution is 2.25. The van der Waals surface area contributed by atoms with Crippen LogP contribution in [0.15, 0.2) is 35.4 Å². The third-order valence-corrected chi connectivity index (χ3v) is 5.37. The molecule has 0 saturated carbocycles. The van der Waals surface area contributed by atoms with E-state index >= 15 is 0 Å². The zero-order valence-corrected chi connectivity index (χ0v) is 17.8. The first-order valence-corrected chi connectivity index (χ1v) is 10.2. The first-order valence-electron chi connectivity index (χ1n) is 9.21. The number of imide groups is 1. The summed E-state index contributed by atoms with van der Waals surface area (Å²) in [6, 6.07) is 7.11. The van der Waals surface area contributed by atoms with Gasteiger partial charge in [0.2, 0.25) is 0 Å². The quantitative estimate of drug-likeness (QED) is 0.299. The number of hydrogen-bond donors (Lipinski definition) is 0. The number of non-ortho nitro benzene ring substituents is 1. The molecule has 0 radical (unpaired) electrons. The van der Waals surface area contributed by atoms with Crippen molar-refractivity contribution in [2.75, 3.05) is 12.4 Å². The number of amides is 2. The van der Waals surface area contributed by atoms with Crippen molar-refractivity contribution in [3.63, 3.8) is 0 Å². The number of nitro groups is 1. The van der Waals surface area contributed by atoms with Crippen molar-refractivity contribution in [1.82, 2.24) is 9.99 Å². The maximum atomic E-state index is 13.1. The normalized spacial score (nSPS) is 13.6. The molecular formula is C20H18N4O6S. The van der Waals surface area contributed by atoms with E-state index in [-0.39, 0.29) is 29.2 Å². The Morgan fingerprint density at radius 3 is 2.61 bits per heavy atom. The third-order valence-electron chi connectivity index (χ3n) is 4.39. The SMILES string of the molecule is CCOC(=O)c1cc(C(=O)N2N=C(c3cccc([N+](=O)[O-])c3)SCC2=O)c(C)nc1C. The van der Waals surface area contributed by atoms with Crippen molar-refractivity contribution >= 4 is 40.3 Å². The number of esters is 1. The van der Waals surface area contributed by atoms with Gasteiger partial charge in [0.05, 0.1) is 39.8 Å². The van der Waals surface area contributed by atoms with Gasteiger partial charge in [-0.1, -0.05) is 23.9 Å². The van der Waals surface area contributed by atoms with Crippen LogP contribution in [-0.4, -0.2) is 50.1 Å². The molecule has 0 fully saturated rings. The standard InChI is InChI=1S/C20H18N4O6S/c1-4-30-20(27)16-9-15(11(2)21-12(16)3)19(26)23-17(25)10-31-18(22-23)13-6-5-7-14(8-13)24(28)29/h5-9H,4,10H2,1-3H3. The lowest BCUT2D eigenvalue weighted by atomic mass is 10.1. The number of nitro benzene ring substituents is 1. The van der Waals surface area contributed by atoms with Gasteiger partial charge in [0.25, 0.3) is 17.5 Å². The number of thioether (sulfide) groups is 1. The van der Waals surface area contributed by atoms with E-state index in [2.05, 4.69) is 10.1 Å². The van der Waals surface area contributed by atoms with Crippen LogP contribution >= 0.6 is 11.8 Å². The molecule has 0 saturated heterocycles. The summed E-state index contributed by atoms with van der Waals surface area (Å²) in [5.74, 6) is -2.00. The summed E-state index contributed by atoms with van der Waals surface area (Å²) in [5, 5.41) is 16.2. The zero-order chi connectivity index (χ0) is 22.7. The van der Waals surface area contributed by atoms with Crippen LogP contribution in [0, 0.1) is 24.0 Å². The number of benzene rings is 1. The van der Waals surface area contributed by atoms with Crippen LogP contribution in [0.1, 0.15) is 44.6 Å². The smallest absolute Gasteiger partial charge is 0.339 e. The molecule has 2 heterocycles. The summed E-state index contributed by atoms with van der Waals surface area (Å²) in [6.45, 7) is 5.03. The van der Waals surface area contributed by atoms with E-state index in [9.17, 15) is 24.5 Å². The number of aryl methyl sites for hydroxylation is 2. The third kappa shape index (κ3) is 4.61. The Hall–Kier alpha value is -3.60. The number of aromatic nitrogens is 1. The Bertz CT molecular complexity index is 1130. The molecule has 0 atom stereocenters. The molecule has 10 nitrogen and oxygen atoms in total. The second-order valence-corrected chi connectivity index (χ2v) is 7.45. The minimum Gasteiger partial charge on any atom is -0.462 e. The van der Waals surface area contributed by atoms with Crippen LogP contribution in [0.3, 0.4) is 0 Å². The lowest BCUT2D eigenvalue weighted by molar-refractivity contribution is -0.384. The van der Waals surface area contributed by atoms with E-state index in [0.717, 1.165) is 11.8 Å². The van der Waals surface area contributed by atoms with Crippen LogP contribution in [0.4, 0.5) is 5.69 Å². The van der Waals surface area contributed by atoms with Crippen molar-refractivity contribution in [2.24, 2.45) is 5.10 Å². The van der Waals surface area contributed by atoms with Gasteiger partial charge in [0.15, 0.2) is 0 Å². The summed E-state index contributed by atoms with van der Waals surface area (Å²) in [5.41, 5.74) is 1.17. The van der Waals surface area contributed by atoms with E-state index in [1.807, 2.05) is 0 Å². The predicted octanol–water partition coefficient (Wildman–Crippen LogP) is 2.86. The van der Waals surface area contributed by atoms with Crippen molar-refractivity contribution < 1.29 is 24.0 Å². The van der Waals surface area contributed by atoms with E-state index in [1.54, 1.807) is 26.8 Å². The minimum absolute atomic E-state index is 0.0380. The minimum atomic E-state index is -0.747. The predicted molar refractivity (Wildman–Crippen MR) is 113 cm³/mol. The molecule has 0 aliphatic carbocycles. The fraction of sp³-hybridized carbons (Fsp3) is 0.250. The fourth-order valence-electron chi connectivity index (χ4n) is 2.89. The van der Waals surface area contributed by atoms with Gasteiger partial charge in [-0.3, -0.25) is 24.7 Å². The Kier molecular flexibility index (Phi) is 6.44. The van der Waals surface area contributed by atoms with Crippen LogP contribution in [0.2, 0.25) is 0 Å². The van der Waals surface area contributed by atoms with Gasteiger partial charge in [-0.2, -0.15) is 10.1 Å². The number of hydrogen-bond acceptors (Lipinski definition) is 9. The van der Waals surface area contributed by atoms with Crippen molar-refractivity contribution in [3.05, 3.63) is 68.5 Å². The first kappa shape index (κ1) is 22.1. The maximum absolute atomic E-state index is 13.1. The fourth-order valence-corrected chi connectivity index (χ4v) is 3.71. The second kappa shape index (κ2) is 9.04. The highest BCUT2D eigenvalue weighted by atomic mass is 32.2. The van der Waals surface area contributed by atoms with Crippen LogP contribution < -0.4 is 0 Å². The van der Waals surface area contributed by atoms with Crippen molar-refractivity contribution in [1.29, 1.82) is 0 Å². The average molecular weight is 442 g/mol. The molecule has 3 rings (SSSR count). The Morgan fingerprint density at radius 2 is 1.94 bits per heavy atom. The molecule has 0 unspecified atom stereocenters. The lowest BCUT2D eigenvalue weighted by Gasteiger charge is -2.22. The van der Waals surface area contributed by atoms with E-state index in [4.69, 9.17) is 4.74 Å². The van der Waals surface area contributed by atoms with Crippen molar-refractivity contribution in [3.8, 4) is 0 Å². The molecular weight excluding hydrogens is 424 g/mol. The van der Waals surface area contributed by atoms with E-state index in [1.165, 1.54) is 24.3 Å². The van der Waals surface area contributed by atoms with Gasteiger partial charge in [-0.15, -0.1) is 0 Å². The molecule has 0 spiro atoms. The molecule has 1 aliphatic heterocycles. The monoisotopic (exact) mass is 442 g/mol. The largest absolute Gasteiger partial charge is 0.462 e. The molecule has 2 amide bonds. The summed E-state index contributed by atoms with van der Waals surface area (Å²) < 4.78 is 5.00. The number of rotatable bonds is 5. The number of hydrazone groups is 1. The summed E-state index contributed by atoms with van der Waals surface area (Å²) >= 11 is 1.08. The molecule has 0 bridgehead atoms. The Morgan fingerprint density at radius 1 is 1.23 bits per heavy atom. The Balaban J connectivity index is 2.00. The molecule has 1 aromatic carbocycles. The van der Waals surface area contributed by atoms with Crippen LogP contribution in [-0.2, 0) is 9.53 Å². The van der Waals surface area contributed by atoms with Gasteiger partial charge < -0.3 is 4.74 Å². The second-order valence-electron chi connectivity index (χ2n) is 6.49. The maximum Gasteiger partial charge on any atom is 0.339 e. The van der Waals surface area contributed by atoms with Gasteiger partial charge >= 0.3 is 5.97 Å². The number of ether oxygens (including phenoxy) is 1. The first-order chi connectivity index (χ1) is 14.7. The van der Waals surface area contributed by atoms with Gasteiger partial charge in [0.1, 0.15) is 5.04 Å². The van der Waals surface area contributed by atoms with E-state index in [0.29, 0.717) is 27.0 Å². The summed E-state index contributed by atoms with van der Waals surface area (Å²) in [7, 11) is 0. The number of carbonyl (C=O) groups is 3. The molecule has 11 heteroatoms. The van der Waals surface area contributed by atoms with Crippen LogP contribution in [0.5, 0.6) is 0 Å². The summed E-state index contributed by atoms with van der Waals surface area (Å²) in [6.07, 6.45) is 0. The van der Waals surface area contributed by atoms with Gasteiger partial charge in [-0.25, -0.2) is 4.79 Å². The lowest BCUT2D eigenvalue weighted by Crippen LogP contribution is -2.38. The highest BCUT2D eigenvalue weighted by molar-refractivity contribution is 8.15. The molecule has 2 aromatic rings. The number of nitrogens with zero attached hydrogens (tertiary/aromatic N) is 4. The molecule has 1 aliphatic rings. The van der Waals surface area contributed by atoms with E-state index < -0.39 is 22.7 Å².